The lowest BCUT2D eigenvalue weighted by atomic mass is 10.2. The largest absolute Gasteiger partial charge is 0.424 e. The van der Waals surface area contributed by atoms with Gasteiger partial charge in [-0.25, -0.2) is 13.1 Å². The van der Waals surface area contributed by atoms with E-state index in [1.165, 1.54) is 0 Å². The molecule has 8 nitrogen and oxygen atoms in total. The lowest BCUT2D eigenvalue weighted by Gasteiger charge is -2.33. The molecule has 2 heterocycles. The first-order valence-corrected chi connectivity index (χ1v) is 11.3. The van der Waals surface area contributed by atoms with Crippen LogP contribution in [0.15, 0.2) is 33.6 Å². The van der Waals surface area contributed by atoms with E-state index in [-0.39, 0.29) is 0 Å². The van der Waals surface area contributed by atoms with Gasteiger partial charge < -0.3 is 4.42 Å². The molecule has 2 aromatic rings. The molecule has 1 aromatic carbocycles. The van der Waals surface area contributed by atoms with E-state index < -0.39 is 10.0 Å². The van der Waals surface area contributed by atoms with Gasteiger partial charge in [0.1, 0.15) is 0 Å². The van der Waals surface area contributed by atoms with Crippen LogP contribution in [0.4, 0.5) is 0 Å². The summed E-state index contributed by atoms with van der Waals surface area (Å²) in [4.78, 5) is 4.89. The van der Waals surface area contributed by atoms with Gasteiger partial charge in [0.05, 0.1) is 11.4 Å². The van der Waals surface area contributed by atoms with Gasteiger partial charge in [-0.2, -0.15) is 0 Å². The van der Waals surface area contributed by atoms with Gasteiger partial charge in [0.25, 0.3) is 0 Å². The first-order valence-electron chi connectivity index (χ1n) is 9.83. The average molecular weight is 406 g/mol. The minimum absolute atomic E-state index is 0.313. The summed E-state index contributed by atoms with van der Waals surface area (Å²) in [6.07, 6.45) is 2.32. The molecule has 2 fully saturated rings. The summed E-state index contributed by atoms with van der Waals surface area (Å²) in [5.41, 5.74) is 1.04. The van der Waals surface area contributed by atoms with E-state index >= 15 is 0 Å². The molecule has 152 valence electrons. The van der Waals surface area contributed by atoms with Gasteiger partial charge in [0.15, 0.2) is 0 Å². The fourth-order valence-corrected chi connectivity index (χ4v) is 4.35. The van der Waals surface area contributed by atoms with Crippen LogP contribution < -0.4 is 4.72 Å². The summed E-state index contributed by atoms with van der Waals surface area (Å²) in [5, 5.41) is 8.29. The van der Waals surface area contributed by atoms with Crippen molar-refractivity contribution in [1.82, 2.24) is 24.7 Å². The molecule has 0 bridgehead atoms. The molecule has 4 rings (SSSR count). The molecule has 0 atom stereocenters. The quantitative estimate of drug-likeness (QED) is 0.709. The predicted molar refractivity (Wildman–Crippen MR) is 104 cm³/mol. The first-order chi connectivity index (χ1) is 13.5. The SMILES string of the molecule is Cc1ccc(S(=O)(=O)NCCN2CCN(Cc3nnc(C4CC4)o3)CC2)cc1. The molecule has 1 saturated heterocycles. The van der Waals surface area contributed by atoms with Crippen LogP contribution in [0.3, 0.4) is 0 Å². The Morgan fingerprint density at radius 1 is 1.07 bits per heavy atom. The molecule has 1 saturated carbocycles. The Hall–Kier alpha value is -1.81. The van der Waals surface area contributed by atoms with Crippen molar-refractivity contribution in [3.63, 3.8) is 0 Å². The smallest absolute Gasteiger partial charge is 0.240 e. The van der Waals surface area contributed by atoms with Crippen molar-refractivity contribution in [2.75, 3.05) is 39.3 Å². The lowest BCUT2D eigenvalue weighted by Crippen LogP contribution is -2.48. The number of aromatic nitrogens is 2. The minimum Gasteiger partial charge on any atom is -0.424 e. The highest BCUT2D eigenvalue weighted by atomic mass is 32.2. The summed E-state index contributed by atoms with van der Waals surface area (Å²) < 4.78 is 33.1. The van der Waals surface area contributed by atoms with Crippen LogP contribution in [0.25, 0.3) is 0 Å². The van der Waals surface area contributed by atoms with Crippen molar-refractivity contribution in [2.24, 2.45) is 0 Å². The number of aryl methyl sites for hydroxylation is 1. The van der Waals surface area contributed by atoms with Gasteiger partial charge in [0, 0.05) is 45.2 Å². The van der Waals surface area contributed by atoms with Crippen molar-refractivity contribution in [1.29, 1.82) is 0 Å². The summed E-state index contributed by atoms with van der Waals surface area (Å²) in [6.45, 7) is 7.35. The van der Waals surface area contributed by atoms with E-state index in [2.05, 4.69) is 24.7 Å². The number of benzene rings is 1. The van der Waals surface area contributed by atoms with Crippen LogP contribution in [0.2, 0.25) is 0 Å². The average Bonchev–Trinajstić information content (AvgIpc) is 3.43. The molecular weight excluding hydrogens is 378 g/mol. The summed E-state index contributed by atoms with van der Waals surface area (Å²) in [5.74, 6) is 1.97. The zero-order valence-electron chi connectivity index (χ0n) is 16.2. The maximum atomic E-state index is 12.3. The zero-order chi connectivity index (χ0) is 19.6. The predicted octanol–water partition coefficient (Wildman–Crippen LogP) is 1.35. The van der Waals surface area contributed by atoms with E-state index in [9.17, 15) is 8.42 Å². The van der Waals surface area contributed by atoms with E-state index in [0.717, 1.165) is 50.5 Å². The number of hydrogen-bond donors (Lipinski definition) is 1. The highest BCUT2D eigenvalue weighted by molar-refractivity contribution is 7.89. The van der Waals surface area contributed by atoms with Crippen molar-refractivity contribution in [2.45, 2.75) is 37.1 Å². The Morgan fingerprint density at radius 2 is 1.75 bits per heavy atom. The number of nitrogens with zero attached hydrogens (tertiary/aromatic N) is 4. The Balaban J connectivity index is 1.18. The van der Waals surface area contributed by atoms with E-state index in [0.29, 0.717) is 36.3 Å². The summed E-state index contributed by atoms with van der Waals surface area (Å²) >= 11 is 0. The van der Waals surface area contributed by atoms with Gasteiger partial charge in [-0.3, -0.25) is 9.80 Å². The van der Waals surface area contributed by atoms with E-state index in [1.807, 2.05) is 19.1 Å². The van der Waals surface area contributed by atoms with Crippen LogP contribution in [0, 0.1) is 6.92 Å². The second-order valence-electron chi connectivity index (χ2n) is 7.64. The number of hydrogen-bond acceptors (Lipinski definition) is 7. The van der Waals surface area contributed by atoms with Crippen LogP contribution in [0.1, 0.15) is 36.1 Å². The molecule has 9 heteroatoms. The van der Waals surface area contributed by atoms with Crippen LogP contribution in [0.5, 0.6) is 0 Å². The molecule has 28 heavy (non-hydrogen) atoms. The van der Waals surface area contributed by atoms with Crippen LogP contribution in [-0.4, -0.2) is 67.7 Å². The molecule has 0 spiro atoms. The number of piperazine rings is 1. The Bertz CT molecular complexity index is 885. The molecule has 1 aromatic heterocycles. The van der Waals surface area contributed by atoms with Gasteiger partial charge in [-0.05, 0) is 31.9 Å². The van der Waals surface area contributed by atoms with E-state index in [4.69, 9.17) is 4.42 Å². The third-order valence-corrected chi connectivity index (χ3v) is 6.76. The monoisotopic (exact) mass is 405 g/mol. The summed E-state index contributed by atoms with van der Waals surface area (Å²) in [7, 11) is -3.44. The topological polar surface area (TPSA) is 91.6 Å². The fourth-order valence-electron chi connectivity index (χ4n) is 3.33. The second-order valence-corrected chi connectivity index (χ2v) is 9.40. The van der Waals surface area contributed by atoms with Crippen molar-refractivity contribution in [3.8, 4) is 0 Å². The molecule has 2 aliphatic rings. The van der Waals surface area contributed by atoms with Gasteiger partial charge in [-0.15, -0.1) is 10.2 Å². The Morgan fingerprint density at radius 3 is 2.43 bits per heavy atom. The van der Waals surface area contributed by atoms with Gasteiger partial charge in [-0.1, -0.05) is 17.7 Å². The minimum atomic E-state index is -3.44. The highest BCUT2D eigenvalue weighted by Crippen LogP contribution is 2.39. The van der Waals surface area contributed by atoms with Crippen LogP contribution >= 0.6 is 0 Å². The molecule has 0 amide bonds. The maximum absolute atomic E-state index is 12.3. The Kier molecular flexibility index (Phi) is 5.77. The molecule has 1 N–H and O–H groups in total. The normalized spacial score (nSPS) is 19.2. The molecular formula is C19H27N5O3S. The Labute approximate surface area is 166 Å². The fraction of sp³-hybridized carbons (Fsp3) is 0.579. The molecule has 1 aliphatic carbocycles. The highest BCUT2D eigenvalue weighted by Gasteiger charge is 2.29. The second kappa shape index (κ2) is 8.28. The standard InChI is InChI=1S/C19H27N5O3S/c1-15-2-6-17(7-3-15)28(25,26)20-8-9-23-10-12-24(13-11-23)14-18-21-22-19(27-18)16-4-5-16/h2-3,6-7,16,20H,4-5,8-14H2,1H3. The van der Waals surface area contributed by atoms with Crippen molar-refractivity contribution >= 4 is 10.0 Å². The number of rotatable bonds is 8. The third kappa shape index (κ3) is 4.96. The van der Waals surface area contributed by atoms with Gasteiger partial charge >= 0.3 is 0 Å². The number of nitrogens with one attached hydrogen (secondary N) is 1. The van der Waals surface area contributed by atoms with Gasteiger partial charge in [0.2, 0.25) is 21.8 Å². The van der Waals surface area contributed by atoms with Crippen molar-refractivity contribution < 1.29 is 12.8 Å². The molecule has 1 aliphatic heterocycles. The van der Waals surface area contributed by atoms with Crippen LogP contribution in [-0.2, 0) is 16.6 Å². The third-order valence-electron chi connectivity index (χ3n) is 5.28. The van der Waals surface area contributed by atoms with E-state index in [1.54, 1.807) is 12.1 Å². The first kappa shape index (κ1) is 19.5. The molecule has 0 unspecified atom stereocenters. The lowest BCUT2D eigenvalue weighted by molar-refractivity contribution is 0.120. The maximum Gasteiger partial charge on any atom is 0.240 e. The number of sulfonamides is 1. The zero-order valence-corrected chi connectivity index (χ0v) is 17.0. The summed E-state index contributed by atoms with van der Waals surface area (Å²) in [6, 6.07) is 6.90. The molecule has 0 radical (unpaired) electrons. The van der Waals surface area contributed by atoms with Crippen molar-refractivity contribution in [3.05, 3.63) is 41.6 Å².